The molecule has 27 heavy (non-hydrogen) atoms. The number of carbonyl (C=O) groups is 2. The van der Waals surface area contributed by atoms with Crippen LogP contribution in [0.5, 0.6) is 0 Å². The van der Waals surface area contributed by atoms with Crippen molar-refractivity contribution in [2.75, 3.05) is 37.0 Å². The molecule has 0 bridgehead atoms. The lowest BCUT2D eigenvalue weighted by molar-refractivity contribution is -0.131. The molecule has 0 aromatic heterocycles. The first kappa shape index (κ1) is 19.0. The van der Waals surface area contributed by atoms with Crippen LogP contribution in [0.4, 0.5) is 11.4 Å². The second-order valence-electron chi connectivity index (χ2n) is 7.17. The van der Waals surface area contributed by atoms with Gasteiger partial charge in [-0.1, -0.05) is 24.3 Å². The van der Waals surface area contributed by atoms with Gasteiger partial charge in [0.05, 0.1) is 0 Å². The summed E-state index contributed by atoms with van der Waals surface area (Å²) < 4.78 is 0. The number of benzene rings is 2. The fourth-order valence-electron chi connectivity index (χ4n) is 3.47. The third-order valence-corrected chi connectivity index (χ3v) is 5.09. The van der Waals surface area contributed by atoms with E-state index in [2.05, 4.69) is 12.1 Å². The van der Waals surface area contributed by atoms with E-state index in [9.17, 15) is 9.59 Å². The summed E-state index contributed by atoms with van der Waals surface area (Å²) in [6.45, 7) is 3.34. The number of fused-ring (bicyclic) bond motifs is 1. The Bertz CT molecular complexity index is 815. The highest BCUT2D eigenvalue weighted by molar-refractivity contribution is 5.92. The molecule has 5 heteroatoms. The number of anilines is 2. The molecule has 0 saturated heterocycles. The zero-order valence-electron chi connectivity index (χ0n) is 16.3. The zero-order chi connectivity index (χ0) is 19.4. The van der Waals surface area contributed by atoms with Crippen LogP contribution in [0.2, 0.25) is 0 Å². The van der Waals surface area contributed by atoms with Crippen LogP contribution in [0.25, 0.3) is 0 Å². The quantitative estimate of drug-likeness (QED) is 0.818. The summed E-state index contributed by atoms with van der Waals surface area (Å²) in [5.74, 6) is 0.0463. The van der Waals surface area contributed by atoms with Crippen LogP contribution in [0, 0.1) is 0 Å². The molecule has 3 rings (SSSR count). The smallest absolute Gasteiger partial charge is 0.224 e. The van der Waals surface area contributed by atoms with Crippen molar-refractivity contribution in [3.63, 3.8) is 0 Å². The standard InChI is InChI=1S/C22H27N3O2/c1-17(26)25(21-10-8-20(9-11-21)23(2)3)15-13-22(27)24-14-12-18-6-4-5-7-19(18)16-24/h4-11H,12-16H2,1-3H3. The molecular formula is C22H27N3O2. The normalized spacial score (nSPS) is 13.1. The first-order chi connectivity index (χ1) is 13.0. The molecule has 2 aromatic rings. The van der Waals surface area contributed by atoms with Crippen LogP contribution >= 0.6 is 0 Å². The Morgan fingerprint density at radius 2 is 1.59 bits per heavy atom. The average Bonchev–Trinajstić information content (AvgIpc) is 2.67. The van der Waals surface area contributed by atoms with Crippen molar-refractivity contribution >= 4 is 23.2 Å². The van der Waals surface area contributed by atoms with E-state index in [-0.39, 0.29) is 11.8 Å². The Kier molecular flexibility index (Phi) is 5.79. The number of nitrogens with zero attached hydrogens (tertiary/aromatic N) is 3. The Morgan fingerprint density at radius 1 is 0.963 bits per heavy atom. The minimum Gasteiger partial charge on any atom is -0.378 e. The van der Waals surface area contributed by atoms with E-state index in [0.717, 1.165) is 24.3 Å². The van der Waals surface area contributed by atoms with Gasteiger partial charge < -0.3 is 14.7 Å². The first-order valence-corrected chi connectivity index (χ1v) is 9.36. The minimum absolute atomic E-state index is 0.0515. The van der Waals surface area contributed by atoms with E-state index in [1.165, 1.54) is 11.1 Å². The van der Waals surface area contributed by atoms with Crippen LogP contribution in [0.3, 0.4) is 0 Å². The van der Waals surface area contributed by atoms with Gasteiger partial charge in [0, 0.05) is 58.4 Å². The highest BCUT2D eigenvalue weighted by Gasteiger charge is 2.21. The summed E-state index contributed by atoms with van der Waals surface area (Å²) in [5, 5.41) is 0. The SMILES string of the molecule is CC(=O)N(CCC(=O)N1CCc2ccccc2C1)c1ccc(N(C)C)cc1. The van der Waals surface area contributed by atoms with Crippen molar-refractivity contribution < 1.29 is 9.59 Å². The maximum absolute atomic E-state index is 12.7. The molecule has 0 N–H and O–H groups in total. The summed E-state index contributed by atoms with van der Waals surface area (Å²) in [4.78, 5) is 30.4. The highest BCUT2D eigenvalue weighted by Crippen LogP contribution is 2.22. The second-order valence-corrected chi connectivity index (χ2v) is 7.17. The van der Waals surface area contributed by atoms with E-state index in [1.807, 2.05) is 60.3 Å². The van der Waals surface area contributed by atoms with Crippen LogP contribution in [-0.4, -0.2) is 43.9 Å². The third-order valence-electron chi connectivity index (χ3n) is 5.09. The Hall–Kier alpha value is -2.82. The third kappa shape index (κ3) is 4.48. The van der Waals surface area contributed by atoms with Crippen LogP contribution in [0.15, 0.2) is 48.5 Å². The van der Waals surface area contributed by atoms with E-state index in [0.29, 0.717) is 19.5 Å². The molecule has 0 unspecified atom stereocenters. The number of amides is 2. The minimum atomic E-state index is -0.0515. The first-order valence-electron chi connectivity index (χ1n) is 9.36. The molecule has 2 aromatic carbocycles. The van der Waals surface area contributed by atoms with Crippen molar-refractivity contribution in [1.82, 2.24) is 4.90 Å². The maximum atomic E-state index is 12.7. The number of carbonyl (C=O) groups excluding carboxylic acids is 2. The van der Waals surface area contributed by atoms with Gasteiger partial charge in [-0.25, -0.2) is 0 Å². The van der Waals surface area contributed by atoms with Crippen molar-refractivity contribution in [3.05, 3.63) is 59.7 Å². The second kappa shape index (κ2) is 8.25. The van der Waals surface area contributed by atoms with E-state index in [1.54, 1.807) is 11.8 Å². The number of rotatable bonds is 5. The van der Waals surface area contributed by atoms with E-state index in [4.69, 9.17) is 0 Å². The molecule has 1 heterocycles. The molecule has 0 radical (unpaired) electrons. The topological polar surface area (TPSA) is 43.9 Å². The monoisotopic (exact) mass is 365 g/mol. The fourth-order valence-corrected chi connectivity index (χ4v) is 3.47. The summed E-state index contributed by atoms with van der Waals surface area (Å²) >= 11 is 0. The van der Waals surface area contributed by atoms with Crippen LogP contribution in [-0.2, 0) is 22.6 Å². The van der Waals surface area contributed by atoms with Gasteiger partial charge in [0.25, 0.3) is 0 Å². The van der Waals surface area contributed by atoms with E-state index >= 15 is 0 Å². The maximum Gasteiger partial charge on any atom is 0.224 e. The van der Waals surface area contributed by atoms with Crippen molar-refractivity contribution in [2.24, 2.45) is 0 Å². The molecule has 0 saturated carbocycles. The van der Waals surface area contributed by atoms with Gasteiger partial charge in [0.15, 0.2) is 0 Å². The van der Waals surface area contributed by atoms with Gasteiger partial charge in [-0.3, -0.25) is 9.59 Å². The predicted octanol–water partition coefficient (Wildman–Crippen LogP) is 3.08. The molecule has 0 spiro atoms. The number of hydrogen-bond donors (Lipinski definition) is 0. The van der Waals surface area contributed by atoms with Gasteiger partial charge in [0.1, 0.15) is 0 Å². The molecule has 0 atom stereocenters. The molecule has 0 fully saturated rings. The lowest BCUT2D eigenvalue weighted by Crippen LogP contribution is -2.39. The summed E-state index contributed by atoms with van der Waals surface area (Å²) in [7, 11) is 3.96. The largest absolute Gasteiger partial charge is 0.378 e. The van der Waals surface area contributed by atoms with E-state index < -0.39 is 0 Å². The Morgan fingerprint density at radius 3 is 2.22 bits per heavy atom. The Balaban J connectivity index is 1.63. The van der Waals surface area contributed by atoms with Crippen molar-refractivity contribution in [2.45, 2.75) is 26.3 Å². The summed E-state index contributed by atoms with van der Waals surface area (Å²) in [5.41, 5.74) is 4.45. The van der Waals surface area contributed by atoms with Gasteiger partial charge in [0.2, 0.25) is 11.8 Å². The van der Waals surface area contributed by atoms with Gasteiger partial charge in [-0.05, 0) is 41.8 Å². The molecule has 1 aliphatic rings. The predicted molar refractivity (Wildman–Crippen MR) is 109 cm³/mol. The summed E-state index contributed by atoms with van der Waals surface area (Å²) in [6.07, 6.45) is 1.22. The van der Waals surface area contributed by atoms with Crippen molar-refractivity contribution in [3.8, 4) is 0 Å². The molecule has 5 nitrogen and oxygen atoms in total. The highest BCUT2D eigenvalue weighted by atomic mass is 16.2. The molecule has 1 aliphatic heterocycles. The molecular weight excluding hydrogens is 338 g/mol. The van der Waals surface area contributed by atoms with Crippen molar-refractivity contribution in [1.29, 1.82) is 0 Å². The van der Waals surface area contributed by atoms with Gasteiger partial charge in [-0.2, -0.15) is 0 Å². The molecule has 2 amide bonds. The van der Waals surface area contributed by atoms with Gasteiger partial charge in [-0.15, -0.1) is 0 Å². The zero-order valence-corrected chi connectivity index (χ0v) is 16.3. The molecule has 142 valence electrons. The summed E-state index contributed by atoms with van der Waals surface area (Å²) in [6, 6.07) is 16.1. The Labute approximate surface area is 161 Å². The molecule has 0 aliphatic carbocycles. The van der Waals surface area contributed by atoms with Crippen LogP contribution < -0.4 is 9.80 Å². The lowest BCUT2D eigenvalue weighted by Gasteiger charge is -2.30. The fraction of sp³-hybridized carbons (Fsp3) is 0.364. The average molecular weight is 365 g/mol. The lowest BCUT2D eigenvalue weighted by atomic mass is 10.00. The number of hydrogen-bond acceptors (Lipinski definition) is 3. The van der Waals surface area contributed by atoms with Crippen LogP contribution in [0.1, 0.15) is 24.5 Å². The van der Waals surface area contributed by atoms with Gasteiger partial charge >= 0.3 is 0 Å².